The van der Waals surface area contributed by atoms with Crippen LogP contribution in [0.1, 0.15) is 32.3 Å². The molecule has 0 fully saturated rings. The average molecular weight is 250 g/mol. The number of rotatable bonds is 7. The second-order valence-corrected chi connectivity index (χ2v) is 4.49. The molecule has 1 atom stereocenters. The van der Waals surface area contributed by atoms with E-state index in [1.54, 1.807) is 12.1 Å². The highest BCUT2D eigenvalue weighted by atomic mass is 16.3. The first kappa shape index (κ1) is 14.5. The van der Waals surface area contributed by atoms with Gasteiger partial charge in [-0.1, -0.05) is 31.5 Å². The molecule has 1 unspecified atom stereocenters. The van der Waals surface area contributed by atoms with Crippen molar-refractivity contribution in [3.8, 4) is 5.75 Å². The van der Waals surface area contributed by atoms with Gasteiger partial charge in [0.1, 0.15) is 5.75 Å². The van der Waals surface area contributed by atoms with Crippen molar-refractivity contribution in [2.75, 3.05) is 6.54 Å². The summed E-state index contributed by atoms with van der Waals surface area (Å²) in [6, 6.07) is 7.33. The average Bonchev–Trinajstić information content (AvgIpc) is 2.31. The summed E-state index contributed by atoms with van der Waals surface area (Å²) in [5, 5.41) is 15.5. The number of para-hydroxylation sites is 1. The zero-order valence-electron chi connectivity index (χ0n) is 11.1. The van der Waals surface area contributed by atoms with Gasteiger partial charge in [0.05, 0.1) is 6.54 Å². The first-order chi connectivity index (χ1) is 8.63. The lowest BCUT2D eigenvalue weighted by molar-refractivity contribution is -0.120. The molecule has 0 heterocycles. The summed E-state index contributed by atoms with van der Waals surface area (Å²) < 4.78 is 0. The monoisotopic (exact) mass is 250 g/mol. The second-order valence-electron chi connectivity index (χ2n) is 4.49. The zero-order chi connectivity index (χ0) is 13.4. The Bertz CT molecular complexity index is 380. The molecule has 4 nitrogen and oxygen atoms in total. The predicted octanol–water partition coefficient (Wildman–Crippen LogP) is 1.79. The molecule has 0 radical (unpaired) electrons. The Kier molecular flexibility index (Phi) is 6.22. The molecule has 18 heavy (non-hydrogen) atoms. The number of nitrogens with one attached hydrogen (secondary N) is 2. The van der Waals surface area contributed by atoms with E-state index in [0.29, 0.717) is 6.54 Å². The van der Waals surface area contributed by atoms with Crippen LogP contribution in [0, 0.1) is 0 Å². The van der Waals surface area contributed by atoms with Crippen molar-refractivity contribution in [2.45, 2.75) is 39.3 Å². The highest BCUT2D eigenvalue weighted by Crippen LogP contribution is 2.14. The fraction of sp³-hybridized carbons (Fsp3) is 0.500. The van der Waals surface area contributed by atoms with E-state index in [1.165, 1.54) is 0 Å². The van der Waals surface area contributed by atoms with Crippen LogP contribution in [0.4, 0.5) is 0 Å². The molecule has 0 saturated carbocycles. The molecule has 1 aromatic carbocycles. The van der Waals surface area contributed by atoms with Gasteiger partial charge in [-0.3, -0.25) is 4.79 Å². The Labute approximate surface area is 108 Å². The maximum atomic E-state index is 11.6. The van der Waals surface area contributed by atoms with Crippen LogP contribution in [0.25, 0.3) is 0 Å². The third-order valence-electron chi connectivity index (χ3n) is 2.72. The lowest BCUT2D eigenvalue weighted by Crippen LogP contribution is -2.38. The highest BCUT2D eigenvalue weighted by Gasteiger charge is 2.06. The van der Waals surface area contributed by atoms with Crippen molar-refractivity contribution in [1.82, 2.24) is 10.6 Å². The molecule has 0 aliphatic rings. The van der Waals surface area contributed by atoms with Crippen LogP contribution in [-0.2, 0) is 11.3 Å². The third-order valence-corrected chi connectivity index (χ3v) is 2.72. The van der Waals surface area contributed by atoms with Crippen molar-refractivity contribution >= 4 is 5.91 Å². The maximum Gasteiger partial charge on any atom is 0.234 e. The first-order valence-corrected chi connectivity index (χ1v) is 6.40. The molecular weight excluding hydrogens is 228 g/mol. The normalized spacial score (nSPS) is 12.1. The number of carbonyl (C=O) groups excluding carboxylic acids is 1. The van der Waals surface area contributed by atoms with E-state index in [2.05, 4.69) is 17.6 Å². The molecular formula is C14H22N2O2. The number of amides is 1. The number of benzene rings is 1. The number of hydrogen-bond donors (Lipinski definition) is 3. The van der Waals surface area contributed by atoms with E-state index in [-0.39, 0.29) is 24.2 Å². The fourth-order valence-electron chi connectivity index (χ4n) is 1.80. The Morgan fingerprint density at radius 1 is 1.39 bits per heavy atom. The zero-order valence-corrected chi connectivity index (χ0v) is 11.1. The number of phenols is 1. The minimum absolute atomic E-state index is 0.00799. The van der Waals surface area contributed by atoms with E-state index in [1.807, 2.05) is 19.1 Å². The molecule has 3 N–H and O–H groups in total. The number of phenolic OH excluding ortho intramolecular Hbond substituents is 1. The summed E-state index contributed by atoms with van der Waals surface area (Å²) in [6.45, 7) is 4.86. The van der Waals surface area contributed by atoms with Crippen LogP contribution in [0.2, 0.25) is 0 Å². The van der Waals surface area contributed by atoms with Crippen molar-refractivity contribution in [3.63, 3.8) is 0 Å². The minimum Gasteiger partial charge on any atom is -0.508 e. The summed E-state index contributed by atoms with van der Waals surface area (Å²) >= 11 is 0. The SMILES string of the molecule is CCCC(C)NC(=O)CNCc1ccccc1O. The third kappa shape index (κ3) is 5.19. The van der Waals surface area contributed by atoms with Crippen LogP contribution in [0.5, 0.6) is 5.75 Å². The van der Waals surface area contributed by atoms with Gasteiger partial charge in [0, 0.05) is 18.2 Å². The van der Waals surface area contributed by atoms with Crippen LogP contribution in [0.15, 0.2) is 24.3 Å². The maximum absolute atomic E-state index is 11.6. The van der Waals surface area contributed by atoms with E-state index >= 15 is 0 Å². The smallest absolute Gasteiger partial charge is 0.234 e. The summed E-state index contributed by atoms with van der Waals surface area (Å²) in [7, 11) is 0. The van der Waals surface area contributed by atoms with Crippen LogP contribution >= 0.6 is 0 Å². The van der Waals surface area contributed by atoms with E-state index in [0.717, 1.165) is 18.4 Å². The molecule has 1 amide bonds. The van der Waals surface area contributed by atoms with Crippen LogP contribution in [-0.4, -0.2) is 23.6 Å². The summed E-state index contributed by atoms with van der Waals surface area (Å²) in [5.74, 6) is 0.246. The van der Waals surface area contributed by atoms with Gasteiger partial charge in [0.2, 0.25) is 5.91 Å². The molecule has 4 heteroatoms. The lowest BCUT2D eigenvalue weighted by Gasteiger charge is -2.13. The van der Waals surface area contributed by atoms with E-state index < -0.39 is 0 Å². The molecule has 0 spiro atoms. The molecule has 1 rings (SSSR count). The number of hydrogen-bond acceptors (Lipinski definition) is 3. The van der Waals surface area contributed by atoms with Crippen molar-refractivity contribution in [1.29, 1.82) is 0 Å². The lowest BCUT2D eigenvalue weighted by atomic mass is 10.2. The van der Waals surface area contributed by atoms with Crippen molar-refractivity contribution in [2.24, 2.45) is 0 Å². The summed E-state index contributed by atoms with van der Waals surface area (Å²) in [6.07, 6.45) is 2.05. The van der Waals surface area contributed by atoms with Gasteiger partial charge in [0.25, 0.3) is 0 Å². The van der Waals surface area contributed by atoms with E-state index in [9.17, 15) is 9.90 Å². The van der Waals surface area contributed by atoms with Gasteiger partial charge in [0.15, 0.2) is 0 Å². The van der Waals surface area contributed by atoms with Gasteiger partial charge in [-0.25, -0.2) is 0 Å². The van der Waals surface area contributed by atoms with Crippen molar-refractivity contribution in [3.05, 3.63) is 29.8 Å². The number of aromatic hydroxyl groups is 1. The molecule has 100 valence electrons. The quantitative estimate of drug-likeness (QED) is 0.691. The van der Waals surface area contributed by atoms with E-state index in [4.69, 9.17) is 0 Å². The van der Waals surface area contributed by atoms with Gasteiger partial charge in [-0.15, -0.1) is 0 Å². The molecule has 0 aromatic heterocycles. The summed E-state index contributed by atoms with van der Waals surface area (Å²) in [5.41, 5.74) is 0.798. The van der Waals surface area contributed by atoms with Gasteiger partial charge < -0.3 is 15.7 Å². The molecule has 0 aliphatic carbocycles. The second kappa shape index (κ2) is 7.71. The van der Waals surface area contributed by atoms with Gasteiger partial charge in [-0.2, -0.15) is 0 Å². The van der Waals surface area contributed by atoms with Gasteiger partial charge in [-0.05, 0) is 19.4 Å². The molecule has 0 bridgehead atoms. The molecule has 1 aromatic rings. The Morgan fingerprint density at radius 2 is 2.11 bits per heavy atom. The highest BCUT2D eigenvalue weighted by molar-refractivity contribution is 5.78. The standard InChI is InChI=1S/C14H22N2O2/c1-3-6-11(2)16-14(18)10-15-9-12-7-4-5-8-13(12)17/h4-5,7-8,11,15,17H,3,6,9-10H2,1-2H3,(H,16,18). The number of carbonyl (C=O) groups is 1. The Balaban J connectivity index is 2.25. The van der Waals surface area contributed by atoms with Crippen LogP contribution in [0.3, 0.4) is 0 Å². The fourth-order valence-corrected chi connectivity index (χ4v) is 1.80. The summed E-state index contributed by atoms with van der Waals surface area (Å²) in [4.78, 5) is 11.6. The van der Waals surface area contributed by atoms with Gasteiger partial charge >= 0.3 is 0 Å². The predicted molar refractivity (Wildman–Crippen MR) is 72.3 cm³/mol. The minimum atomic E-state index is -0.00799. The molecule has 0 aliphatic heterocycles. The first-order valence-electron chi connectivity index (χ1n) is 6.40. The molecule has 0 saturated heterocycles. The largest absolute Gasteiger partial charge is 0.508 e. The topological polar surface area (TPSA) is 61.4 Å². The Morgan fingerprint density at radius 3 is 2.78 bits per heavy atom. The van der Waals surface area contributed by atoms with Crippen molar-refractivity contribution < 1.29 is 9.90 Å². The Hall–Kier alpha value is -1.55. The van der Waals surface area contributed by atoms with Crippen LogP contribution < -0.4 is 10.6 Å².